The number of hydrogen-bond acceptors (Lipinski definition) is 3. The Morgan fingerprint density at radius 2 is 1.95 bits per heavy atom. The first-order chi connectivity index (χ1) is 9.20. The molecule has 98 valence electrons. The first-order valence-electron chi connectivity index (χ1n) is 6.19. The average molecular weight is 255 g/mol. The lowest BCUT2D eigenvalue weighted by molar-refractivity contribution is 0.0963. The van der Waals surface area contributed by atoms with Crippen LogP contribution in [0.1, 0.15) is 28.9 Å². The highest BCUT2D eigenvalue weighted by atomic mass is 16.1. The Kier molecular flexibility index (Phi) is 4.13. The summed E-state index contributed by atoms with van der Waals surface area (Å²) < 4.78 is 0. The van der Waals surface area contributed by atoms with E-state index in [9.17, 15) is 4.79 Å². The topological polar surface area (TPSA) is 54.0 Å². The van der Waals surface area contributed by atoms with E-state index in [2.05, 4.69) is 22.5 Å². The molecule has 2 aromatic rings. The van der Waals surface area contributed by atoms with Gasteiger partial charge in [-0.05, 0) is 42.8 Å². The molecule has 2 rings (SSSR count). The smallest absolute Gasteiger partial charge is 0.251 e. The van der Waals surface area contributed by atoms with Crippen molar-refractivity contribution < 1.29 is 4.79 Å². The van der Waals surface area contributed by atoms with E-state index in [1.165, 1.54) is 0 Å². The predicted octanol–water partition coefficient (Wildman–Crippen LogP) is 2.61. The van der Waals surface area contributed by atoms with E-state index >= 15 is 0 Å². The van der Waals surface area contributed by atoms with Gasteiger partial charge in [0.05, 0.1) is 6.04 Å². The molecule has 2 N–H and O–H groups in total. The van der Waals surface area contributed by atoms with Crippen LogP contribution in [0, 0.1) is 0 Å². The Labute approximate surface area is 112 Å². The normalized spacial score (nSPS) is 11.7. The van der Waals surface area contributed by atoms with Crippen molar-refractivity contribution in [3.05, 3.63) is 59.9 Å². The first kappa shape index (κ1) is 13.1. The highest BCUT2D eigenvalue weighted by Gasteiger charge is 2.06. The molecule has 19 heavy (non-hydrogen) atoms. The van der Waals surface area contributed by atoms with Gasteiger partial charge in [0.2, 0.25) is 0 Å². The number of pyridine rings is 1. The Bertz CT molecular complexity index is 537. The van der Waals surface area contributed by atoms with Gasteiger partial charge >= 0.3 is 0 Å². The Hall–Kier alpha value is -2.36. The van der Waals surface area contributed by atoms with E-state index in [-0.39, 0.29) is 11.9 Å². The zero-order valence-electron chi connectivity index (χ0n) is 11.1. The second-order valence-electron chi connectivity index (χ2n) is 4.31. The van der Waals surface area contributed by atoms with Crippen LogP contribution in [0.3, 0.4) is 0 Å². The zero-order chi connectivity index (χ0) is 13.7. The Morgan fingerprint density at radius 3 is 2.53 bits per heavy atom. The van der Waals surface area contributed by atoms with Gasteiger partial charge in [0.15, 0.2) is 0 Å². The number of carbonyl (C=O) groups is 1. The highest BCUT2D eigenvalue weighted by molar-refractivity contribution is 5.94. The van der Waals surface area contributed by atoms with Gasteiger partial charge in [0.25, 0.3) is 5.91 Å². The lowest BCUT2D eigenvalue weighted by Crippen LogP contribution is -2.17. The number of amides is 1. The molecule has 0 fully saturated rings. The molecule has 0 radical (unpaired) electrons. The molecule has 1 amide bonds. The van der Waals surface area contributed by atoms with E-state index in [0.717, 1.165) is 11.3 Å². The van der Waals surface area contributed by atoms with Gasteiger partial charge in [-0.25, -0.2) is 0 Å². The summed E-state index contributed by atoms with van der Waals surface area (Å²) in [6.45, 7) is 2.07. The molecular formula is C15H17N3O. The van der Waals surface area contributed by atoms with Gasteiger partial charge in [-0.15, -0.1) is 0 Å². The average Bonchev–Trinajstić information content (AvgIpc) is 2.48. The maximum atomic E-state index is 11.4. The number of anilines is 1. The van der Waals surface area contributed by atoms with Gasteiger partial charge in [0, 0.05) is 30.7 Å². The van der Waals surface area contributed by atoms with Crippen LogP contribution in [0.25, 0.3) is 0 Å². The molecule has 0 spiro atoms. The third-order valence-corrected chi connectivity index (χ3v) is 2.94. The number of nitrogens with one attached hydrogen (secondary N) is 2. The standard InChI is InChI=1S/C15H17N3O/c1-11(13-4-3-9-17-10-13)18-14-7-5-12(6-8-14)15(19)16-2/h3-11,18H,1-2H3,(H,16,19). The van der Waals surface area contributed by atoms with Crippen LogP contribution in [0.5, 0.6) is 0 Å². The summed E-state index contributed by atoms with van der Waals surface area (Å²) >= 11 is 0. The molecular weight excluding hydrogens is 238 g/mol. The van der Waals surface area contributed by atoms with E-state index in [1.807, 2.05) is 30.5 Å². The lowest BCUT2D eigenvalue weighted by atomic mass is 10.1. The molecule has 4 heteroatoms. The minimum absolute atomic E-state index is 0.0770. The van der Waals surface area contributed by atoms with Crippen molar-refractivity contribution in [3.63, 3.8) is 0 Å². The first-order valence-corrected chi connectivity index (χ1v) is 6.19. The minimum Gasteiger partial charge on any atom is -0.378 e. The van der Waals surface area contributed by atoms with Gasteiger partial charge in [0.1, 0.15) is 0 Å². The van der Waals surface area contributed by atoms with Crippen LogP contribution < -0.4 is 10.6 Å². The van der Waals surface area contributed by atoms with E-state index in [4.69, 9.17) is 0 Å². The van der Waals surface area contributed by atoms with E-state index in [0.29, 0.717) is 5.56 Å². The minimum atomic E-state index is -0.0770. The largest absolute Gasteiger partial charge is 0.378 e. The third-order valence-electron chi connectivity index (χ3n) is 2.94. The fourth-order valence-electron chi connectivity index (χ4n) is 1.83. The number of benzene rings is 1. The number of hydrogen-bond donors (Lipinski definition) is 2. The fraction of sp³-hybridized carbons (Fsp3) is 0.200. The molecule has 1 atom stereocenters. The van der Waals surface area contributed by atoms with Crippen molar-refractivity contribution in [3.8, 4) is 0 Å². The maximum Gasteiger partial charge on any atom is 0.251 e. The van der Waals surface area contributed by atoms with Crippen molar-refractivity contribution in [1.82, 2.24) is 10.3 Å². The second kappa shape index (κ2) is 6.00. The van der Waals surface area contributed by atoms with Crippen LogP contribution in [0.15, 0.2) is 48.8 Å². The number of carbonyl (C=O) groups excluding carboxylic acids is 1. The molecule has 1 aromatic heterocycles. The molecule has 0 aliphatic rings. The zero-order valence-corrected chi connectivity index (χ0v) is 11.1. The summed E-state index contributed by atoms with van der Waals surface area (Å²) in [5.74, 6) is -0.0770. The number of rotatable bonds is 4. The van der Waals surface area contributed by atoms with Crippen molar-refractivity contribution in [2.24, 2.45) is 0 Å². The molecule has 4 nitrogen and oxygen atoms in total. The predicted molar refractivity (Wildman–Crippen MR) is 76.1 cm³/mol. The van der Waals surface area contributed by atoms with Crippen LogP contribution in [-0.4, -0.2) is 17.9 Å². The van der Waals surface area contributed by atoms with Crippen molar-refractivity contribution in [1.29, 1.82) is 0 Å². The monoisotopic (exact) mass is 255 g/mol. The van der Waals surface area contributed by atoms with Crippen molar-refractivity contribution in [2.45, 2.75) is 13.0 Å². The van der Waals surface area contributed by atoms with Gasteiger partial charge in [-0.2, -0.15) is 0 Å². The summed E-state index contributed by atoms with van der Waals surface area (Å²) in [6.07, 6.45) is 3.60. The third kappa shape index (κ3) is 3.31. The Balaban J connectivity index is 2.06. The lowest BCUT2D eigenvalue weighted by Gasteiger charge is -2.15. The molecule has 1 unspecified atom stereocenters. The summed E-state index contributed by atoms with van der Waals surface area (Å²) in [5, 5.41) is 5.97. The van der Waals surface area contributed by atoms with E-state index in [1.54, 1.807) is 25.4 Å². The quantitative estimate of drug-likeness (QED) is 0.883. The summed E-state index contributed by atoms with van der Waals surface area (Å²) in [7, 11) is 1.62. The van der Waals surface area contributed by atoms with Crippen molar-refractivity contribution in [2.75, 3.05) is 12.4 Å². The fourth-order valence-corrected chi connectivity index (χ4v) is 1.83. The maximum absolute atomic E-state index is 11.4. The second-order valence-corrected chi connectivity index (χ2v) is 4.31. The van der Waals surface area contributed by atoms with Crippen LogP contribution in [-0.2, 0) is 0 Å². The molecule has 0 aliphatic carbocycles. The molecule has 0 saturated heterocycles. The van der Waals surface area contributed by atoms with Gasteiger partial charge < -0.3 is 10.6 Å². The van der Waals surface area contributed by atoms with Crippen LogP contribution in [0.2, 0.25) is 0 Å². The molecule has 1 aromatic carbocycles. The molecule has 0 aliphatic heterocycles. The van der Waals surface area contributed by atoms with Gasteiger partial charge in [-0.3, -0.25) is 9.78 Å². The summed E-state index contributed by atoms with van der Waals surface area (Å²) in [4.78, 5) is 15.5. The number of nitrogens with zero attached hydrogens (tertiary/aromatic N) is 1. The summed E-state index contributed by atoms with van der Waals surface area (Å²) in [5.41, 5.74) is 2.75. The Morgan fingerprint density at radius 1 is 1.21 bits per heavy atom. The van der Waals surface area contributed by atoms with Crippen LogP contribution in [0.4, 0.5) is 5.69 Å². The van der Waals surface area contributed by atoms with E-state index < -0.39 is 0 Å². The van der Waals surface area contributed by atoms with Crippen LogP contribution >= 0.6 is 0 Å². The SMILES string of the molecule is CNC(=O)c1ccc(NC(C)c2cccnc2)cc1. The van der Waals surface area contributed by atoms with Crippen molar-refractivity contribution >= 4 is 11.6 Å². The molecule has 1 heterocycles. The molecule has 0 saturated carbocycles. The summed E-state index contributed by atoms with van der Waals surface area (Å²) in [6, 6.07) is 11.5. The number of aromatic nitrogens is 1. The molecule has 0 bridgehead atoms. The highest BCUT2D eigenvalue weighted by Crippen LogP contribution is 2.18. The van der Waals surface area contributed by atoms with Gasteiger partial charge in [-0.1, -0.05) is 6.07 Å².